The first-order valence-corrected chi connectivity index (χ1v) is 7.64. The topological polar surface area (TPSA) is 101 Å². The van der Waals surface area contributed by atoms with Gasteiger partial charge in [0.2, 0.25) is 10.0 Å². The molecule has 1 heterocycles. The molecule has 3 N–H and O–H groups in total. The molecule has 20 heavy (non-hydrogen) atoms. The van der Waals surface area contributed by atoms with Gasteiger partial charge in [0.05, 0.1) is 16.1 Å². The van der Waals surface area contributed by atoms with Crippen LogP contribution in [0.2, 0.25) is 0 Å². The van der Waals surface area contributed by atoms with Crippen molar-refractivity contribution >= 4 is 21.7 Å². The van der Waals surface area contributed by atoms with Crippen LogP contribution in [0, 0.1) is 0 Å². The number of hydrogen-bond acceptors (Lipinski definition) is 4. The molecule has 1 aromatic rings. The minimum atomic E-state index is -3.91. The summed E-state index contributed by atoms with van der Waals surface area (Å²) in [6, 6.07) is 3.94. The standard InChI is InChI=1S/C13H16N2O4S/c1-9-4-6-15(7-5-9)12-3-2-10(20(14,18)19)8-11(12)13(16)17/h2-4,8H,5-7H2,1H3,(H,16,17)(H2,14,18,19). The van der Waals surface area contributed by atoms with E-state index < -0.39 is 16.0 Å². The Morgan fingerprint density at radius 3 is 2.60 bits per heavy atom. The molecule has 7 heteroatoms. The summed E-state index contributed by atoms with van der Waals surface area (Å²) >= 11 is 0. The molecule has 0 saturated heterocycles. The first-order chi connectivity index (χ1) is 9.29. The smallest absolute Gasteiger partial charge is 0.337 e. The number of rotatable bonds is 3. The van der Waals surface area contributed by atoms with Gasteiger partial charge in [-0.05, 0) is 31.5 Å². The lowest BCUT2D eigenvalue weighted by atomic mass is 10.1. The number of sulfonamides is 1. The van der Waals surface area contributed by atoms with Crippen LogP contribution in [-0.2, 0) is 10.0 Å². The van der Waals surface area contributed by atoms with E-state index in [0.29, 0.717) is 18.8 Å². The van der Waals surface area contributed by atoms with Gasteiger partial charge < -0.3 is 10.0 Å². The molecule has 0 unspecified atom stereocenters. The molecule has 1 aliphatic heterocycles. The largest absolute Gasteiger partial charge is 0.478 e. The molecule has 6 nitrogen and oxygen atoms in total. The Kier molecular flexibility index (Phi) is 3.82. The second-order valence-corrected chi connectivity index (χ2v) is 6.34. The molecule has 0 bridgehead atoms. The van der Waals surface area contributed by atoms with Crippen LogP contribution in [0.5, 0.6) is 0 Å². The van der Waals surface area contributed by atoms with Crippen molar-refractivity contribution in [1.82, 2.24) is 0 Å². The van der Waals surface area contributed by atoms with Gasteiger partial charge in [0.25, 0.3) is 0 Å². The summed E-state index contributed by atoms with van der Waals surface area (Å²) < 4.78 is 22.6. The van der Waals surface area contributed by atoms with Gasteiger partial charge in [-0.2, -0.15) is 0 Å². The van der Waals surface area contributed by atoms with Gasteiger partial charge in [0.1, 0.15) is 0 Å². The SMILES string of the molecule is CC1=CCN(c2ccc(S(N)(=O)=O)cc2C(=O)O)CC1. The van der Waals surface area contributed by atoms with Crippen molar-refractivity contribution in [3.8, 4) is 0 Å². The number of aromatic carboxylic acids is 1. The molecule has 0 aliphatic carbocycles. The first-order valence-electron chi connectivity index (χ1n) is 6.10. The molecule has 108 valence electrons. The third-order valence-corrected chi connectivity index (χ3v) is 4.21. The number of carboxylic acids is 1. The van der Waals surface area contributed by atoms with Crippen molar-refractivity contribution < 1.29 is 18.3 Å². The van der Waals surface area contributed by atoms with Crippen molar-refractivity contribution in [2.24, 2.45) is 5.14 Å². The number of nitrogens with two attached hydrogens (primary N) is 1. The average Bonchev–Trinajstić information content (AvgIpc) is 2.38. The van der Waals surface area contributed by atoms with Crippen molar-refractivity contribution in [2.75, 3.05) is 18.0 Å². The van der Waals surface area contributed by atoms with Crippen LogP contribution < -0.4 is 10.0 Å². The molecule has 0 amide bonds. The molecule has 1 aliphatic rings. The quantitative estimate of drug-likeness (QED) is 0.816. The summed E-state index contributed by atoms with van der Waals surface area (Å²) in [4.78, 5) is 13.0. The summed E-state index contributed by atoms with van der Waals surface area (Å²) in [5, 5.41) is 14.3. The Balaban J connectivity index is 2.46. The predicted molar refractivity (Wildman–Crippen MR) is 75.4 cm³/mol. The Bertz CT molecular complexity index is 680. The highest BCUT2D eigenvalue weighted by atomic mass is 32.2. The third kappa shape index (κ3) is 3.00. The van der Waals surface area contributed by atoms with Gasteiger partial charge in [0, 0.05) is 13.1 Å². The molecule has 0 spiro atoms. The monoisotopic (exact) mass is 296 g/mol. The maximum absolute atomic E-state index is 11.3. The van der Waals surface area contributed by atoms with E-state index in [1.54, 1.807) is 0 Å². The van der Waals surface area contributed by atoms with Crippen LogP contribution >= 0.6 is 0 Å². The lowest BCUT2D eigenvalue weighted by Crippen LogP contribution is -2.29. The van der Waals surface area contributed by atoms with E-state index in [2.05, 4.69) is 0 Å². The molecule has 1 aromatic carbocycles. The van der Waals surface area contributed by atoms with Crippen LogP contribution in [0.25, 0.3) is 0 Å². The van der Waals surface area contributed by atoms with Crippen LogP contribution in [0.4, 0.5) is 5.69 Å². The lowest BCUT2D eigenvalue weighted by molar-refractivity contribution is 0.0697. The summed E-state index contributed by atoms with van der Waals surface area (Å²) in [6.07, 6.45) is 2.89. The number of anilines is 1. The van der Waals surface area contributed by atoms with Gasteiger partial charge in [-0.3, -0.25) is 0 Å². The van der Waals surface area contributed by atoms with Crippen molar-refractivity contribution in [1.29, 1.82) is 0 Å². The fourth-order valence-corrected chi connectivity index (χ4v) is 2.67. The van der Waals surface area contributed by atoms with E-state index >= 15 is 0 Å². The van der Waals surface area contributed by atoms with Crippen LogP contribution in [0.15, 0.2) is 34.7 Å². The molecular weight excluding hydrogens is 280 g/mol. The maximum atomic E-state index is 11.3. The number of benzene rings is 1. The Morgan fingerprint density at radius 2 is 2.10 bits per heavy atom. The predicted octanol–water partition coefficient (Wildman–Crippen LogP) is 1.19. The van der Waals surface area contributed by atoms with E-state index in [-0.39, 0.29) is 10.5 Å². The molecule has 2 rings (SSSR count). The van der Waals surface area contributed by atoms with E-state index in [4.69, 9.17) is 5.14 Å². The van der Waals surface area contributed by atoms with E-state index in [0.717, 1.165) is 12.5 Å². The van der Waals surface area contributed by atoms with E-state index in [9.17, 15) is 18.3 Å². The molecule has 0 fully saturated rings. The zero-order chi connectivity index (χ0) is 14.9. The van der Waals surface area contributed by atoms with E-state index in [1.165, 1.54) is 17.7 Å². The molecule has 0 atom stereocenters. The maximum Gasteiger partial charge on any atom is 0.337 e. The number of hydrogen-bond donors (Lipinski definition) is 2. The van der Waals surface area contributed by atoms with Gasteiger partial charge in [0.15, 0.2) is 0 Å². The summed E-state index contributed by atoms with van der Waals surface area (Å²) in [6.45, 7) is 3.34. The van der Waals surface area contributed by atoms with Crippen molar-refractivity contribution in [3.63, 3.8) is 0 Å². The number of carboxylic acid groups (broad SMARTS) is 1. The molecule has 0 aromatic heterocycles. The number of primary sulfonamides is 1. The van der Waals surface area contributed by atoms with Crippen LogP contribution in [0.3, 0.4) is 0 Å². The second-order valence-electron chi connectivity index (χ2n) is 4.78. The van der Waals surface area contributed by atoms with Gasteiger partial charge in [-0.15, -0.1) is 0 Å². The van der Waals surface area contributed by atoms with Gasteiger partial charge in [-0.25, -0.2) is 18.4 Å². The van der Waals surface area contributed by atoms with Crippen LogP contribution in [0.1, 0.15) is 23.7 Å². The summed E-state index contributed by atoms with van der Waals surface area (Å²) in [7, 11) is -3.91. The zero-order valence-electron chi connectivity index (χ0n) is 11.0. The second kappa shape index (κ2) is 5.26. The highest BCUT2D eigenvalue weighted by molar-refractivity contribution is 7.89. The van der Waals surface area contributed by atoms with E-state index in [1.807, 2.05) is 17.9 Å². The normalized spacial score (nSPS) is 15.9. The average molecular weight is 296 g/mol. The minimum absolute atomic E-state index is 0.0514. The Labute approximate surface area is 117 Å². The lowest BCUT2D eigenvalue weighted by Gasteiger charge is -2.28. The van der Waals surface area contributed by atoms with Gasteiger partial charge in [-0.1, -0.05) is 11.6 Å². The minimum Gasteiger partial charge on any atom is -0.478 e. The Morgan fingerprint density at radius 1 is 1.40 bits per heavy atom. The fraction of sp³-hybridized carbons (Fsp3) is 0.308. The molecule has 0 radical (unpaired) electrons. The zero-order valence-corrected chi connectivity index (χ0v) is 11.9. The highest BCUT2D eigenvalue weighted by Crippen LogP contribution is 2.26. The molecule has 0 saturated carbocycles. The van der Waals surface area contributed by atoms with Crippen molar-refractivity contribution in [2.45, 2.75) is 18.2 Å². The summed E-state index contributed by atoms with van der Waals surface area (Å²) in [5.41, 5.74) is 1.72. The van der Waals surface area contributed by atoms with Gasteiger partial charge >= 0.3 is 5.97 Å². The molecular formula is C13H16N2O4S. The van der Waals surface area contributed by atoms with Crippen molar-refractivity contribution in [3.05, 3.63) is 35.4 Å². The highest BCUT2D eigenvalue weighted by Gasteiger charge is 2.20. The first kappa shape index (κ1) is 14.5. The Hall–Kier alpha value is -1.86. The van der Waals surface area contributed by atoms with Crippen LogP contribution in [-0.4, -0.2) is 32.6 Å². The third-order valence-electron chi connectivity index (χ3n) is 3.30. The number of carbonyl (C=O) groups is 1. The summed E-state index contributed by atoms with van der Waals surface area (Å²) in [5.74, 6) is -1.17. The fourth-order valence-electron chi connectivity index (χ4n) is 2.13. The number of nitrogens with zero attached hydrogens (tertiary/aromatic N) is 1.